The first kappa shape index (κ1) is 20.6. The predicted octanol–water partition coefficient (Wildman–Crippen LogP) is 3.52. The Morgan fingerprint density at radius 3 is 2.52 bits per heavy atom. The molecule has 0 fully saturated rings. The molecule has 1 amide bonds. The van der Waals surface area contributed by atoms with E-state index in [1.807, 2.05) is 49.7 Å². The zero-order valence-corrected chi connectivity index (χ0v) is 17.4. The van der Waals surface area contributed by atoms with Crippen LogP contribution in [0.1, 0.15) is 43.3 Å². The molecule has 0 spiro atoms. The van der Waals surface area contributed by atoms with Crippen LogP contribution in [0.15, 0.2) is 30.8 Å². The van der Waals surface area contributed by atoms with Gasteiger partial charge in [0, 0.05) is 18.5 Å². The summed E-state index contributed by atoms with van der Waals surface area (Å²) in [5.74, 6) is -0.367. The van der Waals surface area contributed by atoms with Crippen LogP contribution in [-0.2, 0) is 33.7 Å². The Labute approximate surface area is 170 Å². The van der Waals surface area contributed by atoms with Crippen molar-refractivity contribution in [2.75, 3.05) is 13.7 Å². The van der Waals surface area contributed by atoms with Crippen LogP contribution in [0.4, 0.5) is 4.79 Å². The van der Waals surface area contributed by atoms with Gasteiger partial charge < -0.3 is 14.4 Å². The van der Waals surface area contributed by atoms with Gasteiger partial charge in [0.15, 0.2) is 0 Å². The van der Waals surface area contributed by atoms with E-state index in [9.17, 15) is 9.59 Å². The third-order valence-electron chi connectivity index (χ3n) is 4.71. The minimum atomic E-state index is -0.566. The highest BCUT2D eigenvalue weighted by molar-refractivity contribution is 5.73. The number of methoxy groups -OCH3 is 1. The van der Waals surface area contributed by atoms with E-state index >= 15 is 0 Å². The van der Waals surface area contributed by atoms with E-state index in [0.29, 0.717) is 25.2 Å². The fourth-order valence-corrected chi connectivity index (χ4v) is 3.28. The van der Waals surface area contributed by atoms with E-state index in [1.54, 1.807) is 11.0 Å². The van der Waals surface area contributed by atoms with E-state index in [0.717, 1.165) is 22.5 Å². The van der Waals surface area contributed by atoms with Gasteiger partial charge in [-0.15, -0.1) is 0 Å². The van der Waals surface area contributed by atoms with Crippen LogP contribution in [0.2, 0.25) is 0 Å². The summed E-state index contributed by atoms with van der Waals surface area (Å²) in [5.41, 5.74) is 3.83. The zero-order chi connectivity index (χ0) is 21.2. The van der Waals surface area contributed by atoms with Gasteiger partial charge in [0.25, 0.3) is 0 Å². The lowest BCUT2D eigenvalue weighted by Crippen LogP contribution is -2.40. The van der Waals surface area contributed by atoms with Crippen molar-refractivity contribution in [1.82, 2.24) is 14.7 Å². The number of fused-ring (bicyclic) bond motifs is 1. The molecule has 0 N–H and O–H groups in total. The molecule has 2 aromatic rings. The van der Waals surface area contributed by atoms with Crippen molar-refractivity contribution in [3.05, 3.63) is 53.4 Å². The molecule has 154 valence electrons. The summed E-state index contributed by atoms with van der Waals surface area (Å²) in [4.78, 5) is 26.1. The SMILES string of the molecule is C=Cc1ccc(-n2nc(CC(=O)OC)c3c2CCN(C(=O)OC(C)(C)C)C3)cc1. The maximum Gasteiger partial charge on any atom is 0.410 e. The van der Waals surface area contributed by atoms with Gasteiger partial charge in [0.2, 0.25) is 0 Å². The van der Waals surface area contributed by atoms with Gasteiger partial charge in [0.1, 0.15) is 5.60 Å². The topological polar surface area (TPSA) is 73.7 Å². The molecular formula is C22H27N3O4. The summed E-state index contributed by atoms with van der Waals surface area (Å²) in [6.07, 6.45) is 2.09. The third kappa shape index (κ3) is 4.67. The molecule has 0 aliphatic carbocycles. The second kappa shape index (κ2) is 8.11. The van der Waals surface area contributed by atoms with Gasteiger partial charge in [-0.3, -0.25) is 4.79 Å². The number of hydrogen-bond acceptors (Lipinski definition) is 5. The van der Waals surface area contributed by atoms with Crippen molar-refractivity contribution >= 4 is 18.1 Å². The summed E-state index contributed by atoms with van der Waals surface area (Å²) in [5, 5.41) is 4.69. The van der Waals surface area contributed by atoms with E-state index < -0.39 is 5.60 Å². The molecular weight excluding hydrogens is 370 g/mol. The van der Waals surface area contributed by atoms with Crippen molar-refractivity contribution in [3.8, 4) is 5.69 Å². The number of nitrogens with zero attached hydrogens (tertiary/aromatic N) is 3. The van der Waals surface area contributed by atoms with Gasteiger partial charge in [-0.2, -0.15) is 5.10 Å². The summed E-state index contributed by atoms with van der Waals surface area (Å²) in [6, 6.07) is 7.86. The van der Waals surface area contributed by atoms with Gasteiger partial charge in [0.05, 0.1) is 37.2 Å². The van der Waals surface area contributed by atoms with E-state index in [4.69, 9.17) is 9.47 Å². The van der Waals surface area contributed by atoms with Crippen LogP contribution in [-0.4, -0.2) is 46.0 Å². The monoisotopic (exact) mass is 397 g/mol. The van der Waals surface area contributed by atoms with E-state index in [1.165, 1.54) is 7.11 Å². The number of esters is 1. The maximum atomic E-state index is 12.5. The van der Waals surface area contributed by atoms with Gasteiger partial charge >= 0.3 is 12.1 Å². The first-order chi connectivity index (χ1) is 13.7. The van der Waals surface area contributed by atoms with Gasteiger partial charge in [-0.25, -0.2) is 9.48 Å². The molecule has 1 aromatic heterocycles. The molecule has 0 saturated heterocycles. The highest BCUT2D eigenvalue weighted by atomic mass is 16.6. The minimum absolute atomic E-state index is 0.0543. The summed E-state index contributed by atoms with van der Waals surface area (Å²) < 4.78 is 12.2. The summed E-state index contributed by atoms with van der Waals surface area (Å²) in [6.45, 7) is 10.2. The number of aromatic nitrogens is 2. The van der Waals surface area contributed by atoms with Crippen molar-refractivity contribution in [2.45, 2.75) is 45.8 Å². The highest BCUT2D eigenvalue weighted by Crippen LogP contribution is 2.27. The second-order valence-corrected chi connectivity index (χ2v) is 7.98. The molecule has 0 bridgehead atoms. The minimum Gasteiger partial charge on any atom is -0.469 e. The molecule has 1 aromatic carbocycles. The average Bonchev–Trinajstić information content (AvgIpc) is 3.04. The molecule has 2 heterocycles. The van der Waals surface area contributed by atoms with Crippen LogP contribution >= 0.6 is 0 Å². The number of amides is 1. The Balaban J connectivity index is 1.96. The van der Waals surface area contributed by atoms with Crippen LogP contribution in [0.5, 0.6) is 0 Å². The van der Waals surface area contributed by atoms with Crippen molar-refractivity contribution in [3.63, 3.8) is 0 Å². The van der Waals surface area contributed by atoms with Crippen LogP contribution in [0.25, 0.3) is 11.8 Å². The Bertz CT molecular complexity index is 923. The molecule has 29 heavy (non-hydrogen) atoms. The first-order valence-corrected chi connectivity index (χ1v) is 9.59. The van der Waals surface area contributed by atoms with Crippen molar-refractivity contribution in [2.24, 2.45) is 0 Å². The lowest BCUT2D eigenvalue weighted by molar-refractivity contribution is -0.139. The number of hydrogen-bond donors (Lipinski definition) is 0. The van der Waals surface area contributed by atoms with E-state index in [2.05, 4.69) is 11.7 Å². The van der Waals surface area contributed by atoms with Crippen LogP contribution in [0, 0.1) is 0 Å². The number of ether oxygens (including phenoxy) is 2. The standard InChI is InChI=1S/C22H27N3O4/c1-6-15-7-9-16(10-8-15)25-19-11-12-24(21(27)29-22(2,3)4)14-17(19)18(23-25)13-20(26)28-5/h6-10H,1,11-14H2,2-5H3. The van der Waals surface area contributed by atoms with Crippen molar-refractivity contribution < 1.29 is 19.1 Å². The number of rotatable bonds is 4. The van der Waals surface area contributed by atoms with Crippen LogP contribution < -0.4 is 0 Å². The molecule has 0 atom stereocenters. The fraction of sp³-hybridized carbons (Fsp3) is 0.409. The van der Waals surface area contributed by atoms with Gasteiger partial charge in [-0.1, -0.05) is 24.8 Å². The van der Waals surface area contributed by atoms with E-state index in [-0.39, 0.29) is 18.5 Å². The smallest absolute Gasteiger partial charge is 0.410 e. The Hall–Kier alpha value is -3.09. The highest BCUT2D eigenvalue weighted by Gasteiger charge is 2.31. The van der Waals surface area contributed by atoms with Crippen LogP contribution in [0.3, 0.4) is 0 Å². The lowest BCUT2D eigenvalue weighted by Gasteiger charge is -2.30. The predicted molar refractivity (Wildman–Crippen MR) is 110 cm³/mol. The third-order valence-corrected chi connectivity index (χ3v) is 4.71. The molecule has 1 aliphatic rings. The summed E-state index contributed by atoms with van der Waals surface area (Å²) in [7, 11) is 1.35. The normalized spacial score (nSPS) is 13.6. The Kier molecular flexibility index (Phi) is 5.77. The van der Waals surface area contributed by atoms with Crippen molar-refractivity contribution in [1.29, 1.82) is 0 Å². The molecule has 0 radical (unpaired) electrons. The van der Waals surface area contributed by atoms with Gasteiger partial charge in [-0.05, 0) is 38.5 Å². The summed E-state index contributed by atoms with van der Waals surface area (Å²) >= 11 is 0. The largest absolute Gasteiger partial charge is 0.469 e. The quantitative estimate of drug-likeness (QED) is 0.738. The fourth-order valence-electron chi connectivity index (χ4n) is 3.28. The Morgan fingerprint density at radius 2 is 1.93 bits per heavy atom. The molecule has 7 nitrogen and oxygen atoms in total. The number of carbonyl (C=O) groups excluding carboxylic acids is 2. The maximum absolute atomic E-state index is 12.5. The molecule has 3 rings (SSSR count). The lowest BCUT2D eigenvalue weighted by atomic mass is 10.0. The number of benzene rings is 1. The number of carbonyl (C=O) groups is 2. The zero-order valence-electron chi connectivity index (χ0n) is 17.4. The second-order valence-electron chi connectivity index (χ2n) is 7.98. The first-order valence-electron chi connectivity index (χ1n) is 9.59. The molecule has 1 aliphatic heterocycles. The molecule has 0 saturated carbocycles. The molecule has 0 unspecified atom stereocenters. The average molecular weight is 397 g/mol. The molecule has 7 heteroatoms. The Morgan fingerprint density at radius 1 is 1.24 bits per heavy atom.